The first-order valence-corrected chi connectivity index (χ1v) is 10.1. The third-order valence-corrected chi connectivity index (χ3v) is 5.53. The van der Waals surface area contributed by atoms with Gasteiger partial charge < -0.3 is 15.0 Å². The highest BCUT2D eigenvalue weighted by Gasteiger charge is 2.29. The molecule has 6 heteroatoms. The Balaban J connectivity index is 1.54. The van der Waals surface area contributed by atoms with Crippen molar-refractivity contribution in [1.82, 2.24) is 4.90 Å². The van der Waals surface area contributed by atoms with Crippen molar-refractivity contribution < 1.29 is 14.3 Å². The third kappa shape index (κ3) is 5.50. The normalized spacial score (nSPS) is 16.9. The Morgan fingerprint density at radius 2 is 2.04 bits per heavy atom. The first-order chi connectivity index (χ1) is 13.1. The second-order valence-electron chi connectivity index (χ2n) is 6.38. The van der Waals surface area contributed by atoms with Crippen LogP contribution in [-0.2, 0) is 9.59 Å². The maximum absolute atomic E-state index is 12.4. The van der Waals surface area contributed by atoms with Gasteiger partial charge in [-0.05, 0) is 24.1 Å². The lowest BCUT2D eigenvalue weighted by Gasteiger charge is -2.35. The molecule has 1 saturated heterocycles. The summed E-state index contributed by atoms with van der Waals surface area (Å²) in [5.41, 5.74) is 1.88. The van der Waals surface area contributed by atoms with Crippen molar-refractivity contribution in [3.8, 4) is 5.75 Å². The van der Waals surface area contributed by atoms with Crippen LogP contribution >= 0.6 is 11.8 Å². The molecule has 1 atom stereocenters. The summed E-state index contributed by atoms with van der Waals surface area (Å²) in [6, 6.07) is 17.5. The monoisotopic (exact) mass is 384 g/mol. The van der Waals surface area contributed by atoms with Gasteiger partial charge in [0.2, 0.25) is 11.8 Å². The van der Waals surface area contributed by atoms with Crippen LogP contribution in [-0.4, -0.2) is 35.6 Å². The van der Waals surface area contributed by atoms with Crippen molar-refractivity contribution in [2.24, 2.45) is 0 Å². The molecule has 1 heterocycles. The van der Waals surface area contributed by atoms with Gasteiger partial charge in [0, 0.05) is 37.4 Å². The molecule has 1 N–H and O–H groups in total. The van der Waals surface area contributed by atoms with Crippen molar-refractivity contribution in [1.29, 1.82) is 0 Å². The van der Waals surface area contributed by atoms with Crippen LogP contribution in [0.25, 0.3) is 0 Å². The molecule has 2 amide bonds. The number of amides is 2. The molecule has 0 bridgehead atoms. The summed E-state index contributed by atoms with van der Waals surface area (Å²) in [4.78, 5) is 25.5. The fourth-order valence-electron chi connectivity index (χ4n) is 3.05. The molecule has 142 valence electrons. The maximum atomic E-state index is 12.4. The molecule has 0 aliphatic carbocycles. The van der Waals surface area contributed by atoms with E-state index in [-0.39, 0.29) is 17.2 Å². The number of nitrogens with zero attached hydrogens (tertiary/aromatic N) is 1. The average Bonchev–Trinajstić information content (AvgIpc) is 2.66. The van der Waals surface area contributed by atoms with Gasteiger partial charge in [0.25, 0.3) is 0 Å². The van der Waals surface area contributed by atoms with E-state index in [2.05, 4.69) is 17.4 Å². The Bertz CT molecular complexity index is 782. The number of thioether (sulfide) groups is 1. The Morgan fingerprint density at radius 1 is 1.22 bits per heavy atom. The number of carbonyl (C=O) groups excluding carboxylic acids is 2. The maximum Gasteiger partial charge on any atom is 0.224 e. The van der Waals surface area contributed by atoms with Gasteiger partial charge >= 0.3 is 0 Å². The van der Waals surface area contributed by atoms with Gasteiger partial charge in [0.05, 0.1) is 6.61 Å². The summed E-state index contributed by atoms with van der Waals surface area (Å²) in [6.07, 6.45) is 1.34. The predicted octanol–water partition coefficient (Wildman–Crippen LogP) is 4.08. The second kappa shape index (κ2) is 9.46. The molecule has 1 aliphatic heterocycles. The highest BCUT2D eigenvalue weighted by Crippen LogP contribution is 2.37. The van der Waals surface area contributed by atoms with Crippen molar-refractivity contribution in [2.75, 3.05) is 24.2 Å². The summed E-state index contributed by atoms with van der Waals surface area (Å²) >= 11 is 1.81. The first-order valence-electron chi connectivity index (χ1n) is 9.10. The average molecular weight is 385 g/mol. The van der Waals surface area contributed by atoms with E-state index in [1.807, 2.05) is 53.1 Å². The van der Waals surface area contributed by atoms with E-state index in [9.17, 15) is 9.59 Å². The van der Waals surface area contributed by atoms with Crippen LogP contribution < -0.4 is 10.1 Å². The smallest absolute Gasteiger partial charge is 0.224 e. The minimum absolute atomic E-state index is 0.0792. The summed E-state index contributed by atoms with van der Waals surface area (Å²) < 4.78 is 5.80. The van der Waals surface area contributed by atoms with Crippen LogP contribution in [0.3, 0.4) is 0 Å². The van der Waals surface area contributed by atoms with Gasteiger partial charge in [0.15, 0.2) is 0 Å². The highest BCUT2D eigenvalue weighted by molar-refractivity contribution is 7.99. The SMILES string of the molecule is CC(=O)Nc1cccc(OCCCN2C(=O)CCSC2c2ccccc2)c1. The van der Waals surface area contributed by atoms with Crippen LogP contribution in [0, 0.1) is 0 Å². The largest absolute Gasteiger partial charge is 0.493 e. The van der Waals surface area contributed by atoms with E-state index >= 15 is 0 Å². The third-order valence-electron chi connectivity index (χ3n) is 4.25. The molecule has 3 rings (SSSR count). The van der Waals surface area contributed by atoms with Crippen molar-refractivity contribution in [3.05, 3.63) is 60.2 Å². The van der Waals surface area contributed by atoms with E-state index in [0.717, 1.165) is 12.2 Å². The Hall–Kier alpha value is -2.47. The zero-order valence-electron chi connectivity index (χ0n) is 15.4. The van der Waals surface area contributed by atoms with E-state index in [0.29, 0.717) is 31.0 Å². The topological polar surface area (TPSA) is 58.6 Å². The highest BCUT2D eigenvalue weighted by atomic mass is 32.2. The van der Waals surface area contributed by atoms with E-state index in [4.69, 9.17) is 4.74 Å². The minimum atomic E-state index is -0.111. The molecular weight excluding hydrogens is 360 g/mol. The molecule has 2 aromatic rings. The number of nitrogens with one attached hydrogen (secondary N) is 1. The van der Waals surface area contributed by atoms with Crippen LogP contribution in [0.1, 0.15) is 30.7 Å². The van der Waals surface area contributed by atoms with Crippen molar-refractivity contribution in [3.63, 3.8) is 0 Å². The van der Waals surface area contributed by atoms with Crippen LogP contribution in [0.4, 0.5) is 5.69 Å². The molecule has 0 aromatic heterocycles. The predicted molar refractivity (Wildman–Crippen MR) is 109 cm³/mol. The number of carbonyl (C=O) groups is 2. The van der Waals surface area contributed by atoms with E-state index < -0.39 is 0 Å². The molecule has 1 unspecified atom stereocenters. The fourth-order valence-corrected chi connectivity index (χ4v) is 4.32. The van der Waals surface area contributed by atoms with Gasteiger partial charge in [-0.25, -0.2) is 0 Å². The Labute approximate surface area is 164 Å². The quantitative estimate of drug-likeness (QED) is 0.731. The summed E-state index contributed by atoms with van der Waals surface area (Å²) in [5.74, 6) is 1.66. The van der Waals surface area contributed by atoms with Crippen LogP contribution in [0.2, 0.25) is 0 Å². The molecule has 1 aliphatic rings. The van der Waals surface area contributed by atoms with Gasteiger partial charge in [0.1, 0.15) is 11.1 Å². The molecular formula is C21H24N2O3S. The van der Waals surface area contributed by atoms with Crippen LogP contribution in [0.5, 0.6) is 5.75 Å². The van der Waals surface area contributed by atoms with Gasteiger partial charge in [-0.2, -0.15) is 0 Å². The number of benzene rings is 2. The zero-order chi connectivity index (χ0) is 19.1. The zero-order valence-corrected chi connectivity index (χ0v) is 16.2. The lowest BCUT2D eigenvalue weighted by atomic mass is 10.2. The van der Waals surface area contributed by atoms with Gasteiger partial charge in [-0.15, -0.1) is 11.8 Å². The molecule has 5 nitrogen and oxygen atoms in total. The van der Waals surface area contributed by atoms with Crippen LogP contribution in [0.15, 0.2) is 54.6 Å². The summed E-state index contributed by atoms with van der Waals surface area (Å²) in [7, 11) is 0. The molecule has 1 fully saturated rings. The number of hydrogen-bond acceptors (Lipinski definition) is 4. The van der Waals surface area contributed by atoms with E-state index in [1.54, 1.807) is 6.07 Å². The molecule has 27 heavy (non-hydrogen) atoms. The number of hydrogen-bond donors (Lipinski definition) is 1. The Kier molecular flexibility index (Phi) is 6.76. The van der Waals surface area contributed by atoms with E-state index in [1.165, 1.54) is 12.5 Å². The second-order valence-corrected chi connectivity index (χ2v) is 7.57. The lowest BCUT2D eigenvalue weighted by molar-refractivity contribution is -0.132. The number of rotatable bonds is 7. The van der Waals surface area contributed by atoms with Crippen molar-refractivity contribution in [2.45, 2.75) is 25.1 Å². The van der Waals surface area contributed by atoms with Crippen molar-refractivity contribution >= 4 is 29.3 Å². The fraction of sp³-hybridized carbons (Fsp3) is 0.333. The Morgan fingerprint density at radius 3 is 2.81 bits per heavy atom. The lowest BCUT2D eigenvalue weighted by Crippen LogP contribution is -2.38. The first kappa shape index (κ1) is 19.3. The molecule has 2 aromatic carbocycles. The number of ether oxygens (including phenoxy) is 1. The molecule has 0 radical (unpaired) electrons. The standard InChI is InChI=1S/C21H24N2O3S/c1-16(24)22-18-9-5-10-19(15-18)26-13-6-12-23-20(25)11-14-27-21(23)17-7-3-2-4-8-17/h2-5,7-10,15,21H,6,11-14H2,1H3,(H,22,24). The van der Waals surface area contributed by atoms with Gasteiger partial charge in [-0.1, -0.05) is 36.4 Å². The minimum Gasteiger partial charge on any atom is -0.493 e. The summed E-state index contributed by atoms with van der Waals surface area (Å²) in [5, 5.41) is 2.82. The number of anilines is 1. The van der Waals surface area contributed by atoms with Gasteiger partial charge in [-0.3, -0.25) is 9.59 Å². The molecule has 0 spiro atoms. The summed E-state index contributed by atoms with van der Waals surface area (Å²) in [6.45, 7) is 2.65. The molecule has 0 saturated carbocycles.